The molecule has 142 valence electrons. The third-order valence-corrected chi connectivity index (χ3v) is 5.29. The highest BCUT2D eigenvalue weighted by molar-refractivity contribution is 7.98. The van der Waals surface area contributed by atoms with E-state index < -0.39 is 11.7 Å². The summed E-state index contributed by atoms with van der Waals surface area (Å²) in [6.07, 6.45) is 3.63. The first-order valence-corrected chi connectivity index (χ1v) is 9.73. The molecule has 2 heterocycles. The van der Waals surface area contributed by atoms with Crippen molar-refractivity contribution in [3.8, 4) is 5.75 Å². The van der Waals surface area contributed by atoms with Gasteiger partial charge >= 0.3 is 6.09 Å². The summed E-state index contributed by atoms with van der Waals surface area (Å²) in [6, 6.07) is 9.71. The first-order chi connectivity index (χ1) is 12.9. The van der Waals surface area contributed by atoms with E-state index >= 15 is 0 Å². The van der Waals surface area contributed by atoms with Crippen molar-refractivity contribution in [2.24, 2.45) is 0 Å². The van der Waals surface area contributed by atoms with Crippen LogP contribution in [0.2, 0.25) is 0 Å². The van der Waals surface area contributed by atoms with Crippen molar-refractivity contribution in [1.82, 2.24) is 14.5 Å². The molecule has 0 atom stereocenters. The van der Waals surface area contributed by atoms with Crippen LogP contribution in [0.1, 0.15) is 32.8 Å². The summed E-state index contributed by atoms with van der Waals surface area (Å²) in [5, 5.41) is 0.804. The lowest BCUT2D eigenvalue weighted by atomic mass is 10.1. The van der Waals surface area contributed by atoms with E-state index in [1.807, 2.05) is 45.0 Å². The van der Waals surface area contributed by atoms with E-state index in [0.29, 0.717) is 11.2 Å². The maximum absolute atomic E-state index is 12.4. The molecule has 27 heavy (non-hydrogen) atoms. The zero-order valence-electron chi connectivity index (χ0n) is 15.9. The Morgan fingerprint density at radius 2 is 1.96 bits per heavy atom. The van der Waals surface area contributed by atoms with Crippen molar-refractivity contribution in [2.45, 2.75) is 43.6 Å². The van der Waals surface area contributed by atoms with Crippen LogP contribution in [-0.4, -0.2) is 33.3 Å². The third kappa shape index (κ3) is 4.60. The minimum atomic E-state index is -0.519. The highest BCUT2D eigenvalue weighted by Gasteiger charge is 2.23. The summed E-state index contributed by atoms with van der Waals surface area (Å²) in [4.78, 5) is 21.4. The van der Waals surface area contributed by atoms with Gasteiger partial charge in [-0.3, -0.25) is 0 Å². The fourth-order valence-corrected chi connectivity index (χ4v) is 3.14. The van der Waals surface area contributed by atoms with E-state index in [1.54, 1.807) is 37.3 Å². The second kappa shape index (κ2) is 8.00. The molecule has 7 heteroatoms. The van der Waals surface area contributed by atoms with Gasteiger partial charge in [-0.25, -0.2) is 19.3 Å². The van der Waals surface area contributed by atoms with Gasteiger partial charge in [-0.2, -0.15) is 0 Å². The van der Waals surface area contributed by atoms with Gasteiger partial charge in [-0.05, 0) is 44.0 Å². The topological polar surface area (TPSA) is 66.2 Å². The molecular formula is C20H23N3O3S. The van der Waals surface area contributed by atoms with Crippen LogP contribution in [0.5, 0.6) is 5.75 Å². The second-order valence-electron chi connectivity index (χ2n) is 6.72. The summed E-state index contributed by atoms with van der Waals surface area (Å²) in [5.41, 5.74) is 1.82. The minimum Gasteiger partial charge on any atom is -0.497 e. The van der Waals surface area contributed by atoms with Crippen LogP contribution in [0.25, 0.3) is 11.2 Å². The molecule has 0 radical (unpaired) electrons. The van der Waals surface area contributed by atoms with Gasteiger partial charge in [0.05, 0.1) is 13.3 Å². The number of ether oxygens (including phenoxy) is 2. The zero-order chi connectivity index (χ0) is 19.4. The van der Waals surface area contributed by atoms with Gasteiger partial charge in [0, 0.05) is 11.9 Å². The molecule has 0 saturated carbocycles. The van der Waals surface area contributed by atoms with Crippen LogP contribution in [0.15, 0.2) is 47.8 Å². The molecule has 0 unspecified atom stereocenters. The van der Waals surface area contributed by atoms with Crippen LogP contribution in [-0.2, 0) is 10.5 Å². The fraction of sp³-hybridized carbons (Fsp3) is 0.350. The van der Waals surface area contributed by atoms with E-state index in [0.717, 1.165) is 22.9 Å². The summed E-state index contributed by atoms with van der Waals surface area (Å²) in [5.74, 6) is 1.61. The molecule has 3 aromatic rings. The number of rotatable bonds is 6. The number of aromatic nitrogens is 3. The molecular weight excluding hydrogens is 362 g/mol. The minimum absolute atomic E-state index is 0.440. The first-order valence-electron chi connectivity index (χ1n) is 8.75. The van der Waals surface area contributed by atoms with E-state index in [2.05, 4.69) is 9.97 Å². The predicted octanol–water partition coefficient (Wildman–Crippen LogP) is 4.91. The molecule has 0 amide bonds. The Morgan fingerprint density at radius 1 is 1.22 bits per heavy atom. The Balaban J connectivity index is 1.71. The van der Waals surface area contributed by atoms with Gasteiger partial charge in [0.15, 0.2) is 5.65 Å². The van der Waals surface area contributed by atoms with Crippen LogP contribution < -0.4 is 4.74 Å². The Kier molecular flexibility index (Phi) is 5.70. The standard InChI is InChI=1S/C20H23N3O3S/c1-5-20(2,3)26-19(24)23-11-10-16-18(23)21-12-17(22-16)27-13-14-6-8-15(25-4)9-7-14/h6-12H,5,13H2,1-4H3. The van der Waals surface area contributed by atoms with Crippen molar-refractivity contribution >= 4 is 29.0 Å². The number of hydrogen-bond acceptors (Lipinski definition) is 6. The van der Waals surface area contributed by atoms with Crippen molar-refractivity contribution < 1.29 is 14.3 Å². The number of hydrogen-bond donors (Lipinski definition) is 0. The van der Waals surface area contributed by atoms with Gasteiger partial charge in [0.25, 0.3) is 0 Å². The highest BCUT2D eigenvalue weighted by Crippen LogP contribution is 2.24. The van der Waals surface area contributed by atoms with Crippen molar-refractivity contribution in [3.05, 3.63) is 48.3 Å². The smallest absolute Gasteiger partial charge is 0.420 e. The number of carbonyl (C=O) groups is 1. The molecule has 0 N–H and O–H groups in total. The summed E-state index contributed by atoms with van der Waals surface area (Å²) < 4.78 is 12.1. The molecule has 0 saturated heterocycles. The van der Waals surface area contributed by atoms with Crippen molar-refractivity contribution in [3.63, 3.8) is 0 Å². The van der Waals surface area contributed by atoms with Crippen LogP contribution in [0.3, 0.4) is 0 Å². The largest absolute Gasteiger partial charge is 0.497 e. The maximum atomic E-state index is 12.4. The Hall–Kier alpha value is -2.54. The lowest BCUT2D eigenvalue weighted by Gasteiger charge is -2.23. The van der Waals surface area contributed by atoms with Gasteiger partial charge in [0.1, 0.15) is 21.9 Å². The average molecular weight is 385 g/mol. The Labute approximate surface area is 162 Å². The molecule has 6 nitrogen and oxygen atoms in total. The lowest BCUT2D eigenvalue weighted by molar-refractivity contribution is 0.0378. The summed E-state index contributed by atoms with van der Waals surface area (Å²) in [6.45, 7) is 5.75. The SMILES string of the molecule is CCC(C)(C)OC(=O)n1ccc2nc(SCc3ccc(OC)cc3)cnc21. The molecule has 0 fully saturated rings. The molecule has 0 aliphatic rings. The van der Waals surface area contributed by atoms with E-state index in [1.165, 1.54) is 10.1 Å². The molecule has 0 bridgehead atoms. The molecule has 2 aromatic heterocycles. The molecule has 3 rings (SSSR count). The van der Waals surface area contributed by atoms with Crippen LogP contribution in [0, 0.1) is 0 Å². The zero-order valence-corrected chi connectivity index (χ0v) is 16.7. The third-order valence-electron chi connectivity index (χ3n) is 4.32. The first kappa shape index (κ1) is 19.2. The molecule has 1 aromatic carbocycles. The quantitative estimate of drug-likeness (QED) is 0.562. The highest BCUT2D eigenvalue weighted by atomic mass is 32.2. The van der Waals surface area contributed by atoms with Gasteiger partial charge in [-0.1, -0.05) is 19.1 Å². The molecule has 0 aliphatic carbocycles. The number of carbonyl (C=O) groups excluding carboxylic acids is 1. The number of benzene rings is 1. The maximum Gasteiger partial charge on any atom is 0.420 e. The second-order valence-corrected chi connectivity index (χ2v) is 7.72. The van der Waals surface area contributed by atoms with Crippen LogP contribution in [0.4, 0.5) is 4.79 Å². The van der Waals surface area contributed by atoms with Crippen LogP contribution >= 0.6 is 11.8 Å². The monoisotopic (exact) mass is 385 g/mol. The van der Waals surface area contributed by atoms with Gasteiger partial charge < -0.3 is 9.47 Å². The van der Waals surface area contributed by atoms with Gasteiger partial charge in [-0.15, -0.1) is 11.8 Å². The van der Waals surface area contributed by atoms with E-state index in [-0.39, 0.29) is 0 Å². The van der Waals surface area contributed by atoms with Crippen molar-refractivity contribution in [1.29, 1.82) is 0 Å². The lowest BCUT2D eigenvalue weighted by Crippen LogP contribution is -2.29. The van der Waals surface area contributed by atoms with E-state index in [9.17, 15) is 4.79 Å². The molecule has 0 spiro atoms. The number of thioether (sulfide) groups is 1. The Morgan fingerprint density at radius 3 is 2.63 bits per heavy atom. The molecule has 0 aliphatic heterocycles. The summed E-state index contributed by atoms with van der Waals surface area (Å²) >= 11 is 1.59. The Bertz CT molecular complexity index is 935. The normalized spacial score (nSPS) is 11.6. The predicted molar refractivity (Wildman–Crippen MR) is 106 cm³/mol. The van der Waals surface area contributed by atoms with E-state index in [4.69, 9.17) is 9.47 Å². The summed E-state index contributed by atoms with van der Waals surface area (Å²) in [7, 11) is 1.65. The fourth-order valence-electron chi connectivity index (χ4n) is 2.35. The number of nitrogens with zero attached hydrogens (tertiary/aromatic N) is 3. The average Bonchev–Trinajstić information content (AvgIpc) is 3.10. The van der Waals surface area contributed by atoms with Crippen molar-refractivity contribution in [2.75, 3.05) is 7.11 Å². The number of fused-ring (bicyclic) bond motifs is 1. The number of methoxy groups -OCH3 is 1. The van der Waals surface area contributed by atoms with Gasteiger partial charge in [0.2, 0.25) is 0 Å².